The van der Waals surface area contributed by atoms with Gasteiger partial charge in [0, 0.05) is 42.3 Å². The highest BCUT2D eigenvalue weighted by atomic mass is 32.1. The fourth-order valence-electron chi connectivity index (χ4n) is 4.76. The molecule has 6 nitrogen and oxygen atoms in total. The van der Waals surface area contributed by atoms with Crippen LogP contribution in [-0.4, -0.2) is 25.1 Å². The maximum Gasteiger partial charge on any atom is 0.135 e. The van der Waals surface area contributed by atoms with E-state index in [-0.39, 0.29) is 0 Å². The van der Waals surface area contributed by atoms with E-state index in [9.17, 15) is 0 Å². The van der Waals surface area contributed by atoms with Crippen molar-refractivity contribution in [1.82, 2.24) is 30.5 Å². The van der Waals surface area contributed by atoms with Crippen LogP contribution in [-0.2, 0) is 13.1 Å². The van der Waals surface area contributed by atoms with Gasteiger partial charge in [-0.25, -0.2) is 4.98 Å². The number of hydrogen-bond donors (Lipinski definition) is 3. The summed E-state index contributed by atoms with van der Waals surface area (Å²) in [6.07, 6.45) is 7.64. The topological polar surface area (TPSA) is 82.3 Å². The van der Waals surface area contributed by atoms with Gasteiger partial charge in [0.1, 0.15) is 11.2 Å². The number of aromatic nitrogens is 5. The molecule has 6 aromatic rings. The minimum atomic E-state index is 0.726. The fraction of sp³-hybridized carbons (Fsp3) is 0.0938. The van der Waals surface area contributed by atoms with Gasteiger partial charge >= 0.3 is 0 Å². The molecule has 0 fully saturated rings. The molecule has 0 saturated carbocycles. The summed E-state index contributed by atoms with van der Waals surface area (Å²) in [6.45, 7) is 7.53. The minimum absolute atomic E-state index is 0.726. The summed E-state index contributed by atoms with van der Waals surface area (Å²) in [5, 5.41) is 15.5. The predicted molar refractivity (Wildman–Crippen MR) is 160 cm³/mol. The first kappa shape index (κ1) is 24.7. The molecular formula is C32H28N6S. The van der Waals surface area contributed by atoms with Crippen LogP contribution in [0, 0.1) is 6.92 Å². The van der Waals surface area contributed by atoms with Crippen molar-refractivity contribution in [2.75, 3.05) is 0 Å². The number of benzene rings is 1. The van der Waals surface area contributed by atoms with Crippen molar-refractivity contribution in [3.63, 3.8) is 0 Å². The van der Waals surface area contributed by atoms with E-state index in [1.807, 2.05) is 36.7 Å². The molecule has 5 aromatic heterocycles. The highest BCUT2D eigenvalue weighted by Gasteiger charge is 2.17. The number of nitrogens with zero attached hydrogens (tertiary/aromatic N) is 3. The van der Waals surface area contributed by atoms with Crippen molar-refractivity contribution in [2.45, 2.75) is 20.0 Å². The van der Waals surface area contributed by atoms with Crippen LogP contribution in [0.3, 0.4) is 0 Å². The molecular weight excluding hydrogens is 500 g/mol. The number of thiophene rings is 1. The third-order valence-corrected chi connectivity index (χ3v) is 7.36. The number of hydrogen-bond acceptors (Lipinski definition) is 5. The number of fused-ring (bicyclic) bond motifs is 1. The van der Waals surface area contributed by atoms with Gasteiger partial charge in [0.05, 0.1) is 16.9 Å². The van der Waals surface area contributed by atoms with Crippen LogP contribution in [0.5, 0.6) is 0 Å². The molecule has 0 spiro atoms. The van der Waals surface area contributed by atoms with Crippen LogP contribution >= 0.6 is 11.3 Å². The van der Waals surface area contributed by atoms with E-state index in [1.54, 1.807) is 11.3 Å². The van der Waals surface area contributed by atoms with Gasteiger partial charge in [0.2, 0.25) is 0 Å². The van der Waals surface area contributed by atoms with Gasteiger partial charge in [0.15, 0.2) is 0 Å². The lowest BCUT2D eigenvalue weighted by Crippen LogP contribution is -2.12. The SMILES string of the molecule is C=C/C=C(/c1ccsc1)c1cc(-c2n[nH]c3ccc(-c4cncc(CNCc5ccccc5)c4)nc23)[nH]c1C. The lowest BCUT2D eigenvalue weighted by Gasteiger charge is -2.07. The summed E-state index contributed by atoms with van der Waals surface area (Å²) in [5.41, 5.74) is 12.1. The second kappa shape index (κ2) is 11.0. The van der Waals surface area contributed by atoms with Gasteiger partial charge in [0.25, 0.3) is 0 Å². The predicted octanol–water partition coefficient (Wildman–Crippen LogP) is 7.29. The number of pyridine rings is 2. The summed E-state index contributed by atoms with van der Waals surface area (Å²) in [5.74, 6) is 0. The highest BCUT2D eigenvalue weighted by Crippen LogP contribution is 2.33. The summed E-state index contributed by atoms with van der Waals surface area (Å²) < 4.78 is 0. The number of nitrogens with one attached hydrogen (secondary N) is 3. The molecule has 3 N–H and O–H groups in total. The number of allylic oxidation sites excluding steroid dienone is 2. The monoisotopic (exact) mass is 528 g/mol. The molecule has 0 aliphatic rings. The Bertz CT molecular complexity index is 1760. The van der Waals surface area contributed by atoms with Gasteiger partial charge in [-0.3, -0.25) is 10.1 Å². The van der Waals surface area contributed by atoms with E-state index in [4.69, 9.17) is 4.98 Å². The molecule has 0 radical (unpaired) electrons. The molecule has 0 aliphatic carbocycles. The van der Waals surface area contributed by atoms with Crippen molar-refractivity contribution >= 4 is 27.9 Å². The minimum Gasteiger partial charge on any atom is -0.357 e. The van der Waals surface area contributed by atoms with Gasteiger partial charge in [-0.1, -0.05) is 49.1 Å². The average molecular weight is 529 g/mol. The molecule has 192 valence electrons. The second-order valence-electron chi connectivity index (χ2n) is 9.39. The van der Waals surface area contributed by atoms with Crippen molar-refractivity contribution in [2.24, 2.45) is 0 Å². The number of H-pyrrole nitrogens is 2. The third kappa shape index (κ3) is 5.23. The standard InChI is InChI=1S/C32H28N6S/c1-3-7-26(24-12-13-39-20-24)27-15-30(35-21(27)2)32-31-29(37-38-32)11-10-28(36-31)25-14-23(18-34-19-25)17-33-16-22-8-5-4-6-9-22/h3-15,18-20,33,35H,1,16-17H2,2H3,(H,37,38)/b26-7-. The van der Waals surface area contributed by atoms with Crippen molar-refractivity contribution in [3.05, 3.63) is 130 Å². The first-order valence-corrected chi connectivity index (χ1v) is 13.7. The van der Waals surface area contributed by atoms with Crippen LogP contribution in [0.1, 0.15) is 27.9 Å². The van der Waals surface area contributed by atoms with E-state index in [1.165, 1.54) is 11.1 Å². The Kier molecular flexibility index (Phi) is 6.99. The van der Waals surface area contributed by atoms with Crippen molar-refractivity contribution in [3.8, 4) is 22.6 Å². The first-order chi connectivity index (χ1) is 19.2. The Labute approximate surface area is 231 Å². The lowest BCUT2D eigenvalue weighted by atomic mass is 10.00. The van der Waals surface area contributed by atoms with E-state index in [2.05, 4.69) is 98.3 Å². The Morgan fingerprint density at radius 2 is 1.90 bits per heavy atom. The number of aromatic amines is 2. The molecule has 5 heterocycles. The normalized spacial score (nSPS) is 11.8. The van der Waals surface area contributed by atoms with Crippen LogP contribution in [0.15, 0.2) is 103 Å². The zero-order valence-corrected chi connectivity index (χ0v) is 22.4. The van der Waals surface area contributed by atoms with Crippen LogP contribution in [0.4, 0.5) is 0 Å². The molecule has 0 aliphatic heterocycles. The average Bonchev–Trinajstić information content (AvgIpc) is 3.72. The first-order valence-electron chi connectivity index (χ1n) is 12.8. The largest absolute Gasteiger partial charge is 0.357 e. The Morgan fingerprint density at radius 1 is 1.03 bits per heavy atom. The maximum atomic E-state index is 5.02. The Hall–Kier alpha value is -4.59. The molecule has 1 aromatic carbocycles. The highest BCUT2D eigenvalue weighted by molar-refractivity contribution is 7.08. The van der Waals surface area contributed by atoms with E-state index >= 15 is 0 Å². The van der Waals surface area contributed by atoms with Crippen LogP contribution in [0.25, 0.3) is 39.3 Å². The third-order valence-electron chi connectivity index (χ3n) is 6.68. The lowest BCUT2D eigenvalue weighted by molar-refractivity contribution is 0.691. The molecule has 39 heavy (non-hydrogen) atoms. The quantitative estimate of drug-likeness (QED) is 0.172. The Balaban J connectivity index is 1.29. The summed E-state index contributed by atoms with van der Waals surface area (Å²) in [6, 6.07) is 20.8. The zero-order chi connectivity index (χ0) is 26.6. The zero-order valence-electron chi connectivity index (χ0n) is 21.6. The van der Waals surface area contributed by atoms with Gasteiger partial charge < -0.3 is 10.3 Å². The van der Waals surface area contributed by atoms with Crippen molar-refractivity contribution in [1.29, 1.82) is 0 Å². The molecule has 0 saturated heterocycles. The number of rotatable bonds is 9. The van der Waals surface area contributed by atoms with Gasteiger partial charge in [-0.2, -0.15) is 16.4 Å². The molecule has 0 unspecified atom stereocenters. The van der Waals surface area contributed by atoms with E-state index in [0.717, 1.165) is 69.2 Å². The van der Waals surface area contributed by atoms with Gasteiger partial charge in [-0.05, 0) is 70.3 Å². The molecule has 6 rings (SSSR count). The summed E-state index contributed by atoms with van der Waals surface area (Å²) in [7, 11) is 0. The van der Waals surface area contributed by atoms with E-state index in [0.29, 0.717) is 0 Å². The van der Waals surface area contributed by atoms with Crippen LogP contribution in [0.2, 0.25) is 0 Å². The number of aryl methyl sites for hydroxylation is 1. The smallest absolute Gasteiger partial charge is 0.135 e. The van der Waals surface area contributed by atoms with Crippen LogP contribution < -0.4 is 5.32 Å². The Morgan fingerprint density at radius 3 is 2.72 bits per heavy atom. The summed E-state index contributed by atoms with van der Waals surface area (Å²) >= 11 is 1.68. The van der Waals surface area contributed by atoms with Gasteiger partial charge in [-0.15, -0.1) is 0 Å². The maximum absolute atomic E-state index is 5.02. The van der Waals surface area contributed by atoms with Crippen molar-refractivity contribution < 1.29 is 0 Å². The molecule has 0 amide bonds. The summed E-state index contributed by atoms with van der Waals surface area (Å²) in [4.78, 5) is 13.0. The molecule has 0 bridgehead atoms. The molecule has 0 atom stereocenters. The van der Waals surface area contributed by atoms with E-state index < -0.39 is 0 Å². The molecule has 7 heteroatoms. The fourth-order valence-corrected chi connectivity index (χ4v) is 5.42. The second-order valence-corrected chi connectivity index (χ2v) is 10.2.